The quantitative estimate of drug-likeness (QED) is 0.825. The van der Waals surface area contributed by atoms with Crippen LogP contribution in [-0.2, 0) is 11.3 Å². The van der Waals surface area contributed by atoms with Gasteiger partial charge in [0.05, 0.1) is 23.6 Å². The highest BCUT2D eigenvalue weighted by atomic mass is 32.1. The number of para-hydroxylation sites is 1. The Morgan fingerprint density at radius 2 is 2.35 bits per heavy atom. The molecule has 2 aromatic rings. The van der Waals surface area contributed by atoms with Crippen molar-refractivity contribution >= 4 is 28.2 Å². The maximum absolute atomic E-state index is 12.2. The van der Waals surface area contributed by atoms with E-state index >= 15 is 0 Å². The maximum Gasteiger partial charge on any atom is 0.258 e. The molecule has 0 amide bonds. The number of nitrogens with one attached hydrogen (secondary N) is 2. The normalized spacial score (nSPS) is 17.3. The lowest BCUT2D eigenvalue weighted by atomic mass is 10.2. The Balaban J connectivity index is 1.83. The first-order valence-corrected chi connectivity index (χ1v) is 8.14. The molecule has 1 aliphatic heterocycles. The van der Waals surface area contributed by atoms with E-state index in [9.17, 15) is 4.79 Å². The van der Waals surface area contributed by atoms with Gasteiger partial charge in [0.1, 0.15) is 5.82 Å². The lowest BCUT2D eigenvalue weighted by Crippen LogP contribution is -2.42. The highest BCUT2D eigenvalue weighted by molar-refractivity contribution is 7.80. The number of aromatic amines is 1. The highest BCUT2D eigenvalue weighted by Gasteiger charge is 2.21. The largest absolute Gasteiger partial charge is 0.376 e. The molecular formula is C16H20N4O2S. The van der Waals surface area contributed by atoms with Crippen molar-refractivity contribution in [1.29, 1.82) is 0 Å². The summed E-state index contributed by atoms with van der Waals surface area (Å²) >= 11 is 5.38. The Morgan fingerprint density at radius 1 is 1.52 bits per heavy atom. The van der Waals surface area contributed by atoms with Gasteiger partial charge in [-0.05, 0) is 37.2 Å². The van der Waals surface area contributed by atoms with E-state index in [1.54, 1.807) is 13.1 Å². The molecule has 0 bridgehead atoms. The molecule has 0 aliphatic carbocycles. The minimum absolute atomic E-state index is 0.127. The standard InChI is InChI=1S/C16H20N4O2S/c1-17-16(23)20(9-11-5-4-8-22-11)10-14-18-13-7-3-2-6-12(13)15(21)19-14/h2-3,6-7,11H,4-5,8-10H2,1H3,(H,17,23)(H,18,19,21)/t11-/m1/s1. The van der Waals surface area contributed by atoms with E-state index < -0.39 is 0 Å². The highest BCUT2D eigenvalue weighted by Crippen LogP contribution is 2.15. The van der Waals surface area contributed by atoms with Gasteiger partial charge in [0.25, 0.3) is 5.56 Å². The minimum atomic E-state index is -0.127. The summed E-state index contributed by atoms with van der Waals surface area (Å²) in [5.74, 6) is 0.601. The third kappa shape index (κ3) is 3.68. The zero-order valence-corrected chi connectivity index (χ0v) is 13.9. The average Bonchev–Trinajstić information content (AvgIpc) is 3.06. The monoisotopic (exact) mass is 332 g/mol. The predicted octanol–water partition coefficient (Wildman–Crippen LogP) is 1.41. The zero-order chi connectivity index (χ0) is 16.2. The van der Waals surface area contributed by atoms with Gasteiger partial charge in [-0.25, -0.2) is 4.98 Å². The third-order valence-electron chi connectivity index (χ3n) is 3.95. The van der Waals surface area contributed by atoms with Crippen molar-refractivity contribution < 1.29 is 4.74 Å². The van der Waals surface area contributed by atoms with E-state index in [4.69, 9.17) is 17.0 Å². The number of aromatic nitrogens is 2. The van der Waals surface area contributed by atoms with E-state index in [2.05, 4.69) is 15.3 Å². The molecule has 122 valence electrons. The Kier molecular flexibility index (Phi) is 4.88. The first-order chi connectivity index (χ1) is 11.2. The van der Waals surface area contributed by atoms with Crippen LogP contribution in [-0.4, -0.2) is 46.3 Å². The summed E-state index contributed by atoms with van der Waals surface area (Å²) in [6.45, 7) is 1.94. The van der Waals surface area contributed by atoms with Gasteiger partial charge >= 0.3 is 0 Å². The number of benzene rings is 1. The van der Waals surface area contributed by atoms with Gasteiger partial charge in [-0.15, -0.1) is 0 Å². The molecule has 2 heterocycles. The lowest BCUT2D eigenvalue weighted by molar-refractivity contribution is 0.0894. The molecule has 3 rings (SSSR count). The Bertz CT molecular complexity index is 755. The van der Waals surface area contributed by atoms with Crippen molar-refractivity contribution in [3.63, 3.8) is 0 Å². The molecule has 7 heteroatoms. The van der Waals surface area contributed by atoms with E-state index in [1.807, 2.05) is 23.1 Å². The Morgan fingerprint density at radius 3 is 3.09 bits per heavy atom. The number of hydrogen-bond donors (Lipinski definition) is 2. The fraction of sp³-hybridized carbons (Fsp3) is 0.438. The summed E-state index contributed by atoms with van der Waals surface area (Å²) in [6, 6.07) is 7.32. The van der Waals surface area contributed by atoms with Crippen LogP contribution < -0.4 is 10.9 Å². The SMILES string of the molecule is CNC(=S)N(Cc1nc2ccccc2c(=O)[nH]1)C[C@H]1CCCO1. The molecule has 1 fully saturated rings. The number of hydrogen-bond acceptors (Lipinski definition) is 4. The Hall–Kier alpha value is -1.99. The summed E-state index contributed by atoms with van der Waals surface area (Å²) < 4.78 is 5.69. The van der Waals surface area contributed by atoms with Gasteiger partial charge in [0.2, 0.25) is 0 Å². The molecule has 1 aromatic carbocycles. The van der Waals surface area contributed by atoms with Crippen molar-refractivity contribution in [2.24, 2.45) is 0 Å². The summed E-state index contributed by atoms with van der Waals surface area (Å²) in [6.07, 6.45) is 2.29. The smallest absolute Gasteiger partial charge is 0.258 e. The van der Waals surface area contributed by atoms with Crippen LogP contribution in [0.3, 0.4) is 0 Å². The minimum Gasteiger partial charge on any atom is -0.376 e. The summed E-state index contributed by atoms with van der Waals surface area (Å²) in [4.78, 5) is 21.6. The second-order valence-corrected chi connectivity index (χ2v) is 5.99. The molecule has 1 atom stereocenters. The van der Waals surface area contributed by atoms with Gasteiger partial charge in [0, 0.05) is 20.2 Å². The second-order valence-electron chi connectivity index (χ2n) is 5.60. The van der Waals surface area contributed by atoms with Gasteiger partial charge in [-0.3, -0.25) is 4.79 Å². The van der Waals surface area contributed by atoms with Crippen molar-refractivity contribution in [1.82, 2.24) is 20.2 Å². The third-order valence-corrected chi connectivity index (χ3v) is 4.41. The second kappa shape index (κ2) is 7.06. The molecule has 0 radical (unpaired) electrons. The van der Waals surface area contributed by atoms with E-state index in [1.165, 1.54) is 0 Å². The van der Waals surface area contributed by atoms with Crippen LogP contribution in [0, 0.1) is 0 Å². The predicted molar refractivity (Wildman–Crippen MR) is 93.4 cm³/mol. The molecule has 0 saturated carbocycles. The van der Waals surface area contributed by atoms with Crippen molar-refractivity contribution in [2.75, 3.05) is 20.2 Å². The van der Waals surface area contributed by atoms with Crippen LogP contribution in [0.4, 0.5) is 0 Å². The molecule has 0 unspecified atom stereocenters. The molecule has 1 aromatic heterocycles. The fourth-order valence-corrected chi connectivity index (χ4v) is 2.94. The first kappa shape index (κ1) is 15.9. The van der Waals surface area contributed by atoms with Gasteiger partial charge < -0.3 is 19.9 Å². The molecule has 0 spiro atoms. The number of H-pyrrole nitrogens is 1. The van der Waals surface area contributed by atoms with Crippen molar-refractivity contribution in [3.05, 3.63) is 40.4 Å². The van der Waals surface area contributed by atoms with Crippen LogP contribution >= 0.6 is 12.2 Å². The Labute approximate surface area is 139 Å². The number of thiocarbonyl (C=S) groups is 1. The summed E-state index contributed by atoms with van der Waals surface area (Å²) in [5.41, 5.74) is 0.566. The molecule has 23 heavy (non-hydrogen) atoms. The van der Waals surface area contributed by atoms with Crippen molar-refractivity contribution in [2.45, 2.75) is 25.5 Å². The van der Waals surface area contributed by atoms with E-state index in [0.29, 0.717) is 34.9 Å². The first-order valence-electron chi connectivity index (χ1n) is 7.73. The number of nitrogens with zero attached hydrogens (tertiary/aromatic N) is 2. The van der Waals surface area contributed by atoms with Gasteiger partial charge in [0.15, 0.2) is 5.11 Å². The zero-order valence-electron chi connectivity index (χ0n) is 13.0. The van der Waals surface area contributed by atoms with Gasteiger partial charge in [-0.1, -0.05) is 12.1 Å². The van der Waals surface area contributed by atoms with Crippen molar-refractivity contribution in [3.8, 4) is 0 Å². The molecule has 6 nitrogen and oxygen atoms in total. The molecule has 2 N–H and O–H groups in total. The number of ether oxygens (including phenoxy) is 1. The van der Waals surface area contributed by atoms with Crippen LogP contribution in [0.1, 0.15) is 18.7 Å². The topological polar surface area (TPSA) is 70.2 Å². The molecule has 1 aliphatic rings. The van der Waals surface area contributed by atoms with Crippen LogP contribution in [0.2, 0.25) is 0 Å². The lowest BCUT2D eigenvalue weighted by Gasteiger charge is -2.26. The van der Waals surface area contributed by atoms with E-state index in [-0.39, 0.29) is 11.7 Å². The summed E-state index contributed by atoms with van der Waals surface area (Å²) in [5, 5.41) is 4.21. The average molecular weight is 332 g/mol. The number of fused-ring (bicyclic) bond motifs is 1. The van der Waals surface area contributed by atoms with Gasteiger partial charge in [-0.2, -0.15) is 0 Å². The van der Waals surface area contributed by atoms with E-state index in [0.717, 1.165) is 19.4 Å². The number of rotatable bonds is 4. The molecular weight excluding hydrogens is 312 g/mol. The van der Waals surface area contributed by atoms with Crippen LogP contribution in [0.5, 0.6) is 0 Å². The fourth-order valence-electron chi connectivity index (χ4n) is 2.80. The maximum atomic E-state index is 12.2. The molecule has 1 saturated heterocycles. The van der Waals surface area contributed by atoms with Crippen LogP contribution in [0.25, 0.3) is 10.9 Å². The van der Waals surface area contributed by atoms with Crippen LogP contribution in [0.15, 0.2) is 29.1 Å². The summed E-state index contributed by atoms with van der Waals surface area (Å²) in [7, 11) is 1.79.